The van der Waals surface area contributed by atoms with Crippen molar-refractivity contribution in [2.45, 2.75) is 27.2 Å². The largest absolute Gasteiger partial charge is 0.280 e. The predicted octanol–water partition coefficient (Wildman–Crippen LogP) is 3.00. The molecule has 1 aromatic rings. The van der Waals surface area contributed by atoms with E-state index in [0.717, 1.165) is 22.5 Å². The first-order valence-electron chi connectivity index (χ1n) is 5.47. The van der Waals surface area contributed by atoms with Crippen LogP contribution in [0.1, 0.15) is 22.5 Å². The smallest absolute Gasteiger partial charge is 0.262 e. The Kier molecular flexibility index (Phi) is 3.05. The van der Waals surface area contributed by atoms with Crippen LogP contribution in [0.3, 0.4) is 0 Å². The molecule has 2 rings (SSSR count). The molecule has 0 fully saturated rings. The normalized spacial score (nSPS) is 15.2. The van der Waals surface area contributed by atoms with E-state index in [1.165, 1.54) is 6.08 Å². The zero-order valence-corrected chi connectivity index (χ0v) is 10.1. The molecule has 2 nitrogen and oxygen atoms in total. The first-order valence-corrected chi connectivity index (χ1v) is 5.47. The van der Waals surface area contributed by atoms with Crippen molar-refractivity contribution < 1.29 is 8.78 Å². The number of alkyl halides is 2. The minimum atomic E-state index is -2.42. The van der Waals surface area contributed by atoms with Crippen molar-refractivity contribution in [3.05, 3.63) is 40.2 Å². The van der Waals surface area contributed by atoms with Gasteiger partial charge in [-0.15, -0.1) is 0 Å². The van der Waals surface area contributed by atoms with E-state index >= 15 is 0 Å². The van der Waals surface area contributed by atoms with E-state index < -0.39 is 6.43 Å². The van der Waals surface area contributed by atoms with Gasteiger partial charge in [-0.25, -0.2) is 8.78 Å². The molecule has 1 aromatic heterocycles. The summed E-state index contributed by atoms with van der Waals surface area (Å²) in [5, 5.41) is 0. The maximum Gasteiger partial charge on any atom is 0.262 e. The SMILES string of the molecule is Cc1cc(C)c(C2=NCC(C(F)F)=C2)c(C)n1. The van der Waals surface area contributed by atoms with Crippen molar-refractivity contribution in [3.8, 4) is 0 Å². The molecule has 90 valence electrons. The Balaban J connectivity index is 2.43. The van der Waals surface area contributed by atoms with Crippen LogP contribution in [0.15, 0.2) is 22.7 Å². The van der Waals surface area contributed by atoms with Gasteiger partial charge in [0.1, 0.15) is 0 Å². The highest BCUT2D eigenvalue weighted by atomic mass is 19.3. The Hall–Kier alpha value is -1.58. The first-order chi connectivity index (χ1) is 7.99. The molecule has 0 saturated heterocycles. The molecule has 1 aliphatic rings. The standard InChI is InChI=1S/C13H14F2N2/c1-7-4-8(2)17-9(3)12(7)11-5-10(6-16-11)13(14)15/h4-5,13H,6H2,1-3H3. The van der Waals surface area contributed by atoms with Gasteiger partial charge >= 0.3 is 0 Å². The number of hydrogen-bond acceptors (Lipinski definition) is 2. The highest BCUT2D eigenvalue weighted by molar-refractivity contribution is 6.12. The van der Waals surface area contributed by atoms with Gasteiger partial charge in [-0.2, -0.15) is 0 Å². The van der Waals surface area contributed by atoms with Gasteiger partial charge in [0, 0.05) is 22.5 Å². The molecule has 4 heteroatoms. The fourth-order valence-electron chi connectivity index (χ4n) is 2.14. The number of allylic oxidation sites excluding steroid dienone is 1. The molecule has 0 amide bonds. The minimum absolute atomic E-state index is 0.0828. The number of aryl methyl sites for hydroxylation is 3. The lowest BCUT2D eigenvalue weighted by Crippen LogP contribution is -2.05. The summed E-state index contributed by atoms with van der Waals surface area (Å²) in [4.78, 5) is 8.52. The monoisotopic (exact) mass is 236 g/mol. The second kappa shape index (κ2) is 4.35. The molecule has 17 heavy (non-hydrogen) atoms. The Morgan fingerprint density at radius 1 is 1.24 bits per heavy atom. The van der Waals surface area contributed by atoms with Gasteiger partial charge in [-0.1, -0.05) is 0 Å². The average molecular weight is 236 g/mol. The first kappa shape index (κ1) is 11.9. The summed E-state index contributed by atoms with van der Waals surface area (Å²) in [6, 6.07) is 1.94. The zero-order valence-electron chi connectivity index (χ0n) is 10.1. The molecular weight excluding hydrogens is 222 g/mol. The molecule has 0 aromatic carbocycles. The minimum Gasteiger partial charge on any atom is -0.280 e. The molecule has 0 N–H and O–H groups in total. The quantitative estimate of drug-likeness (QED) is 0.774. The molecule has 1 aliphatic heterocycles. The van der Waals surface area contributed by atoms with Crippen LogP contribution in [0.2, 0.25) is 0 Å². The average Bonchev–Trinajstić information content (AvgIpc) is 2.65. The highest BCUT2D eigenvalue weighted by Crippen LogP contribution is 2.22. The Bertz CT molecular complexity index is 493. The topological polar surface area (TPSA) is 25.2 Å². The summed E-state index contributed by atoms with van der Waals surface area (Å²) in [5.74, 6) is 0. The summed E-state index contributed by atoms with van der Waals surface area (Å²) in [6.45, 7) is 5.85. The van der Waals surface area contributed by atoms with Crippen molar-refractivity contribution in [1.29, 1.82) is 0 Å². The van der Waals surface area contributed by atoms with Crippen LogP contribution in [0.5, 0.6) is 0 Å². The van der Waals surface area contributed by atoms with E-state index in [-0.39, 0.29) is 12.1 Å². The summed E-state index contributed by atoms with van der Waals surface area (Å²) >= 11 is 0. The summed E-state index contributed by atoms with van der Waals surface area (Å²) < 4.78 is 25.1. The third-order valence-electron chi connectivity index (χ3n) is 2.82. The number of aromatic nitrogens is 1. The second-order valence-corrected chi connectivity index (χ2v) is 4.26. The van der Waals surface area contributed by atoms with E-state index in [9.17, 15) is 8.78 Å². The molecular formula is C13H14F2N2. The fourth-order valence-corrected chi connectivity index (χ4v) is 2.14. The van der Waals surface area contributed by atoms with E-state index in [0.29, 0.717) is 5.71 Å². The van der Waals surface area contributed by atoms with E-state index in [1.807, 2.05) is 26.8 Å². The van der Waals surface area contributed by atoms with E-state index in [2.05, 4.69) is 9.98 Å². The van der Waals surface area contributed by atoms with E-state index in [4.69, 9.17) is 0 Å². The van der Waals surface area contributed by atoms with Crippen LogP contribution in [0, 0.1) is 20.8 Å². The Morgan fingerprint density at radius 3 is 2.47 bits per heavy atom. The number of halogens is 2. The van der Waals surface area contributed by atoms with Gasteiger partial charge in [0.05, 0.1) is 12.3 Å². The maximum absolute atomic E-state index is 12.5. The van der Waals surface area contributed by atoms with Crippen LogP contribution < -0.4 is 0 Å². The number of rotatable bonds is 2. The van der Waals surface area contributed by atoms with Gasteiger partial charge in [0.25, 0.3) is 6.43 Å². The molecule has 0 spiro atoms. The van der Waals surface area contributed by atoms with Gasteiger partial charge < -0.3 is 0 Å². The maximum atomic E-state index is 12.5. The molecule has 0 saturated carbocycles. The molecule has 0 unspecified atom stereocenters. The molecule has 0 radical (unpaired) electrons. The van der Waals surface area contributed by atoms with Crippen molar-refractivity contribution in [1.82, 2.24) is 4.98 Å². The van der Waals surface area contributed by atoms with Crippen molar-refractivity contribution >= 4 is 5.71 Å². The van der Waals surface area contributed by atoms with Crippen molar-refractivity contribution in [2.75, 3.05) is 6.54 Å². The predicted molar refractivity (Wildman–Crippen MR) is 63.9 cm³/mol. The Morgan fingerprint density at radius 2 is 1.94 bits per heavy atom. The third-order valence-corrected chi connectivity index (χ3v) is 2.82. The summed E-state index contributed by atoms with van der Waals surface area (Å²) in [5.41, 5.74) is 4.39. The number of hydrogen-bond donors (Lipinski definition) is 0. The highest BCUT2D eigenvalue weighted by Gasteiger charge is 2.20. The van der Waals surface area contributed by atoms with Crippen LogP contribution in [-0.4, -0.2) is 23.7 Å². The fraction of sp³-hybridized carbons (Fsp3) is 0.385. The van der Waals surface area contributed by atoms with Gasteiger partial charge in [0.15, 0.2) is 0 Å². The van der Waals surface area contributed by atoms with Crippen molar-refractivity contribution in [2.24, 2.45) is 4.99 Å². The van der Waals surface area contributed by atoms with Crippen LogP contribution >= 0.6 is 0 Å². The van der Waals surface area contributed by atoms with Gasteiger partial charge in [-0.3, -0.25) is 9.98 Å². The molecule has 0 aliphatic carbocycles. The molecule has 0 atom stereocenters. The molecule has 0 bridgehead atoms. The lowest BCUT2D eigenvalue weighted by Gasteiger charge is -2.08. The van der Waals surface area contributed by atoms with Crippen molar-refractivity contribution in [3.63, 3.8) is 0 Å². The van der Waals surface area contributed by atoms with E-state index in [1.54, 1.807) is 0 Å². The number of pyridine rings is 1. The van der Waals surface area contributed by atoms with Gasteiger partial charge in [0.2, 0.25) is 0 Å². The zero-order chi connectivity index (χ0) is 12.6. The molecule has 2 heterocycles. The summed E-state index contributed by atoms with van der Waals surface area (Å²) in [7, 11) is 0. The number of nitrogens with zero attached hydrogens (tertiary/aromatic N) is 2. The third kappa shape index (κ3) is 2.25. The lowest BCUT2D eigenvalue weighted by molar-refractivity contribution is 0.189. The van der Waals surface area contributed by atoms with Crippen LogP contribution in [-0.2, 0) is 0 Å². The Labute approximate surface area is 99.1 Å². The lowest BCUT2D eigenvalue weighted by atomic mass is 10.0. The second-order valence-electron chi connectivity index (χ2n) is 4.26. The van der Waals surface area contributed by atoms with Gasteiger partial charge in [-0.05, 0) is 38.5 Å². The summed E-state index contributed by atoms with van der Waals surface area (Å²) in [6.07, 6.45) is -0.938. The number of aliphatic imine (C=N–C) groups is 1. The van der Waals surface area contributed by atoms with Crippen LogP contribution in [0.4, 0.5) is 8.78 Å². The van der Waals surface area contributed by atoms with Crippen LogP contribution in [0.25, 0.3) is 0 Å².